The minimum atomic E-state index is -0.675. The molecule has 1 amide bonds. The molecule has 1 N–H and O–H groups in total. The molecule has 3 heterocycles. The Morgan fingerprint density at radius 1 is 1.13 bits per heavy atom. The first-order valence-electron chi connectivity index (χ1n) is 10.2. The number of aliphatic hydroxyl groups is 1. The summed E-state index contributed by atoms with van der Waals surface area (Å²) in [5.41, 5.74) is 3.26. The van der Waals surface area contributed by atoms with Crippen LogP contribution in [0.1, 0.15) is 34.0 Å². The zero-order valence-electron chi connectivity index (χ0n) is 17.0. The lowest BCUT2D eigenvalue weighted by Crippen LogP contribution is -2.29. The molecule has 0 aliphatic carbocycles. The van der Waals surface area contributed by atoms with Crippen LogP contribution in [0.15, 0.2) is 65.6 Å². The van der Waals surface area contributed by atoms with Crippen LogP contribution in [0.25, 0.3) is 5.76 Å². The number of hydrogen-bond donors (Lipinski definition) is 1. The van der Waals surface area contributed by atoms with E-state index in [2.05, 4.69) is 0 Å². The first kappa shape index (κ1) is 19.6. The Labute approximate surface area is 184 Å². The van der Waals surface area contributed by atoms with E-state index in [0.717, 1.165) is 34.6 Å². The quantitative estimate of drug-likeness (QED) is 0.360. The van der Waals surface area contributed by atoms with E-state index in [0.29, 0.717) is 17.9 Å². The van der Waals surface area contributed by atoms with Gasteiger partial charge in [0.2, 0.25) is 0 Å². The lowest BCUT2D eigenvalue weighted by atomic mass is 9.97. The molecule has 1 unspecified atom stereocenters. The van der Waals surface area contributed by atoms with E-state index in [4.69, 9.17) is 4.74 Å². The maximum absolute atomic E-state index is 13.2. The SMILES string of the molecule is Cc1cccc(N2C(=O)C(=O)/C(=C(\O)c3ccc4c(c3)CCCO4)C2c2cccs2)c1. The Morgan fingerprint density at radius 3 is 2.77 bits per heavy atom. The molecule has 31 heavy (non-hydrogen) atoms. The van der Waals surface area contributed by atoms with Crippen LogP contribution in [-0.4, -0.2) is 23.4 Å². The van der Waals surface area contributed by atoms with Gasteiger partial charge in [0.15, 0.2) is 0 Å². The van der Waals surface area contributed by atoms with E-state index < -0.39 is 17.7 Å². The highest BCUT2D eigenvalue weighted by atomic mass is 32.1. The number of ether oxygens (including phenoxy) is 1. The van der Waals surface area contributed by atoms with Crippen LogP contribution >= 0.6 is 11.3 Å². The molecule has 156 valence electrons. The van der Waals surface area contributed by atoms with Gasteiger partial charge in [-0.05, 0) is 72.7 Å². The van der Waals surface area contributed by atoms with Crippen LogP contribution in [0.3, 0.4) is 0 Å². The van der Waals surface area contributed by atoms with E-state index in [1.165, 1.54) is 16.2 Å². The fourth-order valence-electron chi connectivity index (χ4n) is 4.26. The highest BCUT2D eigenvalue weighted by Crippen LogP contribution is 2.44. The van der Waals surface area contributed by atoms with Gasteiger partial charge in [-0.25, -0.2) is 0 Å². The molecule has 0 radical (unpaired) electrons. The van der Waals surface area contributed by atoms with Gasteiger partial charge in [0.1, 0.15) is 17.6 Å². The summed E-state index contributed by atoms with van der Waals surface area (Å²) in [4.78, 5) is 28.6. The van der Waals surface area contributed by atoms with E-state index >= 15 is 0 Å². The molecule has 2 aliphatic heterocycles. The Bertz CT molecular complexity index is 1210. The molecule has 0 bridgehead atoms. The van der Waals surface area contributed by atoms with Gasteiger partial charge >= 0.3 is 0 Å². The van der Waals surface area contributed by atoms with Crippen molar-refractivity contribution in [3.05, 3.63) is 87.1 Å². The predicted molar refractivity (Wildman–Crippen MR) is 121 cm³/mol. The Kier molecular flexibility index (Phi) is 4.87. The Balaban J connectivity index is 1.68. The number of thiophene rings is 1. The second-order valence-electron chi connectivity index (χ2n) is 7.80. The molecule has 3 aromatic rings. The highest BCUT2D eigenvalue weighted by Gasteiger charge is 2.47. The molecule has 1 aromatic heterocycles. The first-order chi connectivity index (χ1) is 15.0. The highest BCUT2D eigenvalue weighted by molar-refractivity contribution is 7.10. The molecule has 0 saturated carbocycles. The van der Waals surface area contributed by atoms with Gasteiger partial charge < -0.3 is 9.84 Å². The number of carbonyl (C=O) groups excluding carboxylic acids is 2. The van der Waals surface area contributed by atoms with Crippen molar-refractivity contribution >= 4 is 34.5 Å². The van der Waals surface area contributed by atoms with E-state index in [-0.39, 0.29) is 11.3 Å². The zero-order valence-corrected chi connectivity index (χ0v) is 17.8. The van der Waals surface area contributed by atoms with Crippen molar-refractivity contribution in [3.8, 4) is 5.75 Å². The summed E-state index contributed by atoms with van der Waals surface area (Å²) in [6.45, 7) is 2.62. The average molecular weight is 432 g/mol. The van der Waals surface area contributed by atoms with E-state index in [1.807, 2.05) is 60.8 Å². The summed E-state index contributed by atoms with van der Waals surface area (Å²) in [7, 11) is 0. The van der Waals surface area contributed by atoms with Gasteiger partial charge in [0.05, 0.1) is 12.2 Å². The van der Waals surface area contributed by atoms with Crippen molar-refractivity contribution in [2.75, 3.05) is 11.5 Å². The number of carbonyl (C=O) groups is 2. The fourth-order valence-corrected chi connectivity index (χ4v) is 5.08. The molecule has 2 aromatic carbocycles. The van der Waals surface area contributed by atoms with Crippen molar-refractivity contribution in [1.29, 1.82) is 0 Å². The van der Waals surface area contributed by atoms with Gasteiger partial charge in [-0.15, -0.1) is 11.3 Å². The summed E-state index contributed by atoms with van der Waals surface area (Å²) in [6, 6.07) is 16.0. The lowest BCUT2D eigenvalue weighted by molar-refractivity contribution is -0.132. The predicted octanol–water partition coefficient (Wildman–Crippen LogP) is 5.01. The maximum Gasteiger partial charge on any atom is 0.300 e. The zero-order chi connectivity index (χ0) is 21.5. The Hall–Kier alpha value is -3.38. The van der Waals surface area contributed by atoms with Crippen molar-refractivity contribution in [2.24, 2.45) is 0 Å². The summed E-state index contributed by atoms with van der Waals surface area (Å²) in [6.07, 6.45) is 1.76. The van der Waals surface area contributed by atoms with Crippen LogP contribution < -0.4 is 9.64 Å². The fraction of sp³-hybridized carbons (Fsp3) is 0.200. The normalized spacial score (nSPS) is 19.9. The third kappa shape index (κ3) is 3.33. The summed E-state index contributed by atoms with van der Waals surface area (Å²) >= 11 is 1.45. The molecule has 6 heteroatoms. The molecular weight excluding hydrogens is 410 g/mol. The number of aliphatic hydroxyl groups excluding tert-OH is 1. The monoisotopic (exact) mass is 431 g/mol. The third-order valence-electron chi connectivity index (χ3n) is 5.72. The van der Waals surface area contributed by atoms with E-state index in [1.54, 1.807) is 6.07 Å². The van der Waals surface area contributed by atoms with E-state index in [9.17, 15) is 14.7 Å². The minimum Gasteiger partial charge on any atom is -0.507 e. The Morgan fingerprint density at radius 2 is 2.00 bits per heavy atom. The molecular formula is C25H21NO4S. The molecule has 0 spiro atoms. The third-order valence-corrected chi connectivity index (χ3v) is 6.64. The summed E-state index contributed by atoms with van der Waals surface area (Å²) in [5, 5.41) is 13.1. The number of aryl methyl sites for hydroxylation is 2. The van der Waals surface area contributed by atoms with Crippen molar-refractivity contribution < 1.29 is 19.4 Å². The number of nitrogens with zero attached hydrogens (tertiary/aromatic N) is 1. The number of anilines is 1. The van der Waals surface area contributed by atoms with Crippen LogP contribution in [0, 0.1) is 6.92 Å². The van der Waals surface area contributed by atoms with Crippen LogP contribution in [0.2, 0.25) is 0 Å². The number of fused-ring (bicyclic) bond motifs is 1. The summed E-state index contributed by atoms with van der Waals surface area (Å²) in [5.74, 6) is -0.656. The molecule has 2 aliphatic rings. The summed E-state index contributed by atoms with van der Waals surface area (Å²) < 4.78 is 5.66. The van der Waals surface area contributed by atoms with Gasteiger partial charge in [0, 0.05) is 16.1 Å². The van der Waals surface area contributed by atoms with Crippen molar-refractivity contribution in [1.82, 2.24) is 0 Å². The standard InChI is InChI=1S/C25H21NO4S/c1-15-5-2-7-18(13-15)26-22(20-8-4-12-31-20)21(24(28)25(26)29)23(27)17-9-10-19-16(14-17)6-3-11-30-19/h2,4-5,7-10,12-14,22,27H,3,6,11H2,1H3/b23-21-. The lowest BCUT2D eigenvalue weighted by Gasteiger charge is -2.24. The number of ketones is 1. The van der Waals surface area contributed by atoms with Crippen molar-refractivity contribution in [3.63, 3.8) is 0 Å². The number of hydrogen-bond acceptors (Lipinski definition) is 5. The first-order valence-corrected chi connectivity index (χ1v) is 11.1. The minimum absolute atomic E-state index is 0.116. The second-order valence-corrected chi connectivity index (χ2v) is 8.78. The van der Waals surface area contributed by atoms with Crippen LogP contribution in [-0.2, 0) is 16.0 Å². The number of amides is 1. The average Bonchev–Trinajstić information content (AvgIpc) is 3.40. The molecule has 5 nitrogen and oxygen atoms in total. The topological polar surface area (TPSA) is 66.8 Å². The van der Waals surface area contributed by atoms with Crippen LogP contribution in [0.4, 0.5) is 5.69 Å². The molecule has 1 atom stereocenters. The van der Waals surface area contributed by atoms with Gasteiger partial charge in [0.25, 0.3) is 11.7 Å². The van der Waals surface area contributed by atoms with Gasteiger partial charge in [-0.3, -0.25) is 14.5 Å². The molecule has 5 rings (SSSR count). The number of Topliss-reactive ketones (excluding diaryl/α,β-unsaturated/α-hetero) is 1. The molecule has 1 fully saturated rings. The van der Waals surface area contributed by atoms with Gasteiger partial charge in [-0.2, -0.15) is 0 Å². The number of rotatable bonds is 3. The van der Waals surface area contributed by atoms with Crippen LogP contribution in [0.5, 0.6) is 5.75 Å². The maximum atomic E-state index is 13.2. The largest absolute Gasteiger partial charge is 0.507 e. The van der Waals surface area contributed by atoms with Gasteiger partial charge in [-0.1, -0.05) is 18.2 Å². The number of benzene rings is 2. The second kappa shape index (κ2) is 7.71. The molecule has 1 saturated heterocycles. The van der Waals surface area contributed by atoms with Crippen molar-refractivity contribution in [2.45, 2.75) is 25.8 Å². The smallest absolute Gasteiger partial charge is 0.300 e.